The van der Waals surface area contributed by atoms with Crippen molar-refractivity contribution in [3.63, 3.8) is 0 Å². The minimum Gasteiger partial charge on any atom is -0.767 e. The topological polar surface area (TPSA) is 83.3 Å². The minimum atomic E-state index is -2.79. The van der Waals surface area contributed by atoms with Crippen LogP contribution in [-0.2, 0) is 11.1 Å². The molecule has 2 aromatic rings. The predicted octanol–water partition coefficient (Wildman–Crippen LogP) is 1.99. The Kier molecular flexibility index (Phi) is 3.16. The maximum atomic E-state index is 10.9. The summed E-state index contributed by atoms with van der Waals surface area (Å²) in [5.74, 6) is 0. The molecule has 0 fully saturated rings. The maximum Gasteiger partial charge on any atom is 0.299 e. The van der Waals surface area contributed by atoms with Gasteiger partial charge in [0.15, 0.2) is 0 Å². The molecule has 0 N–H and O–H groups in total. The van der Waals surface area contributed by atoms with Gasteiger partial charge >= 0.3 is 0 Å². The van der Waals surface area contributed by atoms with Gasteiger partial charge in [0.1, 0.15) is 0 Å². The van der Waals surface area contributed by atoms with Gasteiger partial charge in [-0.3, -0.25) is 14.3 Å². The molecule has 0 amide bonds. The van der Waals surface area contributed by atoms with Crippen molar-refractivity contribution in [1.82, 2.24) is 0 Å². The molecule has 0 saturated heterocycles. The monoisotopic (exact) mass is 250 g/mol. The second-order valence-corrected chi connectivity index (χ2v) is 4.43. The smallest absolute Gasteiger partial charge is 0.299 e. The first-order valence-corrected chi connectivity index (χ1v) is 5.94. The summed E-state index contributed by atoms with van der Waals surface area (Å²) in [6, 6.07) is 11.8. The lowest BCUT2D eigenvalue weighted by Crippen LogP contribution is -2.16. The molecule has 2 unspecified atom stereocenters. The van der Waals surface area contributed by atoms with E-state index in [1.165, 1.54) is 6.07 Å². The van der Waals surface area contributed by atoms with Gasteiger partial charge in [-0.1, -0.05) is 42.5 Å². The van der Waals surface area contributed by atoms with E-state index in [0.717, 1.165) is 5.39 Å². The zero-order chi connectivity index (χ0) is 12.4. The molecule has 0 aliphatic heterocycles. The van der Waals surface area contributed by atoms with Gasteiger partial charge in [0.05, 0.1) is 0 Å². The minimum absolute atomic E-state index is 0.196. The van der Waals surface area contributed by atoms with Crippen molar-refractivity contribution in [3.8, 4) is 0 Å². The lowest BCUT2D eigenvalue weighted by atomic mass is 10.0. The molecule has 0 radical (unpaired) electrons. The SMILES string of the molecule is O=[N+]([O-])C(c1cccc2ccccc12)S(=O)[O-]. The number of benzene rings is 2. The first-order chi connectivity index (χ1) is 8.11. The fourth-order valence-electron chi connectivity index (χ4n) is 1.75. The van der Waals surface area contributed by atoms with Crippen LogP contribution in [0.1, 0.15) is 10.9 Å². The molecule has 17 heavy (non-hydrogen) atoms. The number of fused-ring (bicyclic) bond motifs is 1. The molecule has 88 valence electrons. The van der Waals surface area contributed by atoms with Crippen molar-refractivity contribution in [1.29, 1.82) is 0 Å². The lowest BCUT2D eigenvalue weighted by molar-refractivity contribution is -0.502. The van der Waals surface area contributed by atoms with Crippen LogP contribution in [0, 0.1) is 10.1 Å². The van der Waals surface area contributed by atoms with Crippen LogP contribution in [0.4, 0.5) is 0 Å². The number of hydrogen-bond donors (Lipinski definition) is 0. The number of nitro groups is 1. The van der Waals surface area contributed by atoms with E-state index in [1.54, 1.807) is 36.4 Å². The van der Waals surface area contributed by atoms with Crippen LogP contribution in [0.3, 0.4) is 0 Å². The third-order valence-corrected chi connectivity index (χ3v) is 3.25. The normalized spacial score (nSPS) is 14.4. The van der Waals surface area contributed by atoms with E-state index in [9.17, 15) is 18.9 Å². The van der Waals surface area contributed by atoms with E-state index in [1.807, 2.05) is 0 Å². The van der Waals surface area contributed by atoms with E-state index in [2.05, 4.69) is 0 Å². The standard InChI is InChI=1S/C11H9NO4S/c13-12(14)11(17(15)16)10-7-3-5-8-4-1-2-6-9(8)10/h1-7,11H,(H,15,16)/p-1. The number of nitrogens with zero attached hydrogens (tertiary/aromatic N) is 1. The summed E-state index contributed by atoms with van der Waals surface area (Å²) in [7, 11) is 0. The van der Waals surface area contributed by atoms with Gasteiger partial charge in [-0.05, 0) is 10.8 Å². The predicted molar refractivity (Wildman–Crippen MR) is 62.6 cm³/mol. The van der Waals surface area contributed by atoms with Crippen molar-refractivity contribution in [2.45, 2.75) is 5.37 Å². The second kappa shape index (κ2) is 4.60. The molecule has 2 rings (SSSR count). The van der Waals surface area contributed by atoms with Gasteiger partial charge in [-0.2, -0.15) is 0 Å². The Labute approximate surface area is 99.5 Å². The van der Waals surface area contributed by atoms with Crippen molar-refractivity contribution >= 4 is 21.9 Å². The summed E-state index contributed by atoms with van der Waals surface area (Å²) in [4.78, 5) is 10.00. The first kappa shape index (κ1) is 11.7. The van der Waals surface area contributed by atoms with Crippen LogP contribution < -0.4 is 0 Å². The van der Waals surface area contributed by atoms with Crippen molar-refractivity contribution < 1.29 is 13.7 Å². The summed E-state index contributed by atoms with van der Waals surface area (Å²) in [6.07, 6.45) is 0. The Morgan fingerprint density at radius 3 is 2.41 bits per heavy atom. The second-order valence-electron chi connectivity index (χ2n) is 3.47. The molecule has 0 heterocycles. The zero-order valence-corrected chi connectivity index (χ0v) is 9.42. The highest BCUT2D eigenvalue weighted by Gasteiger charge is 2.25. The third-order valence-electron chi connectivity index (χ3n) is 2.46. The quantitative estimate of drug-likeness (QED) is 0.473. The fraction of sp³-hybridized carbons (Fsp3) is 0.0909. The van der Waals surface area contributed by atoms with Crippen molar-refractivity contribution in [2.24, 2.45) is 0 Å². The van der Waals surface area contributed by atoms with Crippen molar-refractivity contribution in [2.75, 3.05) is 0 Å². The van der Waals surface area contributed by atoms with Crippen LogP contribution >= 0.6 is 0 Å². The fourth-order valence-corrected chi connectivity index (χ4v) is 2.31. The molecule has 0 aliphatic carbocycles. The van der Waals surface area contributed by atoms with E-state index in [4.69, 9.17) is 0 Å². The summed E-state index contributed by atoms with van der Waals surface area (Å²) in [6.45, 7) is 0. The van der Waals surface area contributed by atoms with E-state index in [0.29, 0.717) is 5.39 Å². The average molecular weight is 250 g/mol. The Morgan fingerprint density at radius 1 is 1.12 bits per heavy atom. The van der Waals surface area contributed by atoms with Crippen LogP contribution in [-0.4, -0.2) is 13.7 Å². The average Bonchev–Trinajstić information content (AvgIpc) is 2.28. The highest BCUT2D eigenvalue weighted by atomic mass is 32.2. The van der Waals surface area contributed by atoms with Crippen molar-refractivity contribution in [3.05, 3.63) is 58.1 Å². The Bertz CT molecular complexity index is 580. The van der Waals surface area contributed by atoms with Crippen LogP contribution in [0.2, 0.25) is 0 Å². The molecule has 2 aromatic carbocycles. The highest BCUT2D eigenvalue weighted by Crippen LogP contribution is 2.27. The Hall–Kier alpha value is -1.79. The number of rotatable bonds is 3. The summed E-state index contributed by atoms with van der Waals surface area (Å²) < 4.78 is 21.9. The van der Waals surface area contributed by atoms with Crippen LogP contribution in [0.5, 0.6) is 0 Å². The third kappa shape index (κ3) is 2.17. The molecule has 6 heteroatoms. The largest absolute Gasteiger partial charge is 0.767 e. The molecule has 0 saturated carbocycles. The molecular formula is C11H8NO4S-. The van der Waals surface area contributed by atoms with Crippen LogP contribution in [0.25, 0.3) is 10.8 Å². The maximum absolute atomic E-state index is 10.9. The molecule has 0 aromatic heterocycles. The highest BCUT2D eigenvalue weighted by molar-refractivity contribution is 7.79. The Morgan fingerprint density at radius 2 is 1.76 bits per heavy atom. The van der Waals surface area contributed by atoms with E-state index >= 15 is 0 Å². The van der Waals surface area contributed by atoms with Gasteiger partial charge in [-0.25, -0.2) is 0 Å². The molecule has 5 nitrogen and oxygen atoms in total. The van der Waals surface area contributed by atoms with Gasteiger partial charge in [0.2, 0.25) is 0 Å². The Balaban J connectivity index is 2.69. The molecule has 2 atom stereocenters. The van der Waals surface area contributed by atoms with Gasteiger partial charge < -0.3 is 4.55 Å². The zero-order valence-electron chi connectivity index (χ0n) is 8.61. The first-order valence-electron chi connectivity index (χ1n) is 4.80. The van der Waals surface area contributed by atoms with Gasteiger partial charge in [-0.15, -0.1) is 0 Å². The summed E-state index contributed by atoms with van der Waals surface area (Å²) >= 11 is -2.79. The van der Waals surface area contributed by atoms with Gasteiger partial charge in [0.25, 0.3) is 5.37 Å². The molecule has 0 aliphatic rings. The molecule has 0 spiro atoms. The summed E-state index contributed by atoms with van der Waals surface area (Å²) in [5.41, 5.74) is 0.196. The summed E-state index contributed by atoms with van der Waals surface area (Å²) in [5, 5.41) is 10.4. The molecular weight excluding hydrogens is 242 g/mol. The van der Waals surface area contributed by atoms with E-state index in [-0.39, 0.29) is 5.56 Å². The lowest BCUT2D eigenvalue weighted by Gasteiger charge is -2.14. The van der Waals surface area contributed by atoms with Gasteiger partial charge in [0, 0.05) is 21.6 Å². The van der Waals surface area contributed by atoms with E-state index < -0.39 is 21.4 Å². The van der Waals surface area contributed by atoms with Crippen LogP contribution in [0.15, 0.2) is 42.5 Å². The number of hydrogen-bond acceptors (Lipinski definition) is 4. The molecule has 0 bridgehead atoms.